The molecule has 2 unspecified atom stereocenters. The molecule has 0 aliphatic carbocycles. The molecule has 2 bridgehead atoms. The largest absolute Gasteiger partial charge is 0.362 e. The first-order chi connectivity index (χ1) is 9.56. The van der Waals surface area contributed by atoms with Gasteiger partial charge in [0.1, 0.15) is 5.78 Å². The van der Waals surface area contributed by atoms with Crippen LogP contribution in [-0.4, -0.2) is 22.8 Å². The Morgan fingerprint density at radius 3 is 2.45 bits per heavy atom. The van der Waals surface area contributed by atoms with Crippen molar-refractivity contribution in [3.8, 4) is 0 Å². The maximum atomic E-state index is 14.2. The molecule has 0 saturated carbocycles. The minimum absolute atomic E-state index is 0.0333. The average Bonchev–Trinajstić information content (AvgIpc) is 2.38. The molecule has 2 aliphatic heterocycles. The number of carbonyl (C=O) groups excluding carboxylic acids is 1. The van der Waals surface area contributed by atoms with Crippen molar-refractivity contribution in [2.24, 2.45) is 0 Å². The number of non-ortho nitro benzene ring substituents is 1. The zero-order chi connectivity index (χ0) is 14.3. The van der Waals surface area contributed by atoms with Crippen molar-refractivity contribution < 1.29 is 14.1 Å². The summed E-state index contributed by atoms with van der Waals surface area (Å²) in [7, 11) is 0. The zero-order valence-electron chi connectivity index (χ0n) is 10.9. The summed E-state index contributed by atoms with van der Waals surface area (Å²) in [6.45, 7) is 0. The fourth-order valence-electron chi connectivity index (χ4n) is 3.39. The van der Waals surface area contributed by atoms with E-state index in [1.165, 1.54) is 12.1 Å². The molecule has 0 spiro atoms. The van der Waals surface area contributed by atoms with Crippen LogP contribution in [-0.2, 0) is 4.79 Å². The van der Waals surface area contributed by atoms with Crippen LogP contribution >= 0.6 is 0 Å². The molecule has 1 aromatic carbocycles. The van der Waals surface area contributed by atoms with E-state index in [2.05, 4.69) is 0 Å². The molecule has 0 amide bonds. The molecule has 3 rings (SSSR count). The van der Waals surface area contributed by atoms with Gasteiger partial charge in [-0.25, -0.2) is 4.39 Å². The quantitative estimate of drug-likeness (QED) is 0.616. The molecule has 5 nitrogen and oxygen atoms in total. The lowest BCUT2D eigenvalue weighted by molar-refractivity contribution is -0.385. The van der Waals surface area contributed by atoms with E-state index in [1.54, 1.807) is 0 Å². The lowest BCUT2D eigenvalue weighted by atomic mass is 9.83. The van der Waals surface area contributed by atoms with Crippen molar-refractivity contribution >= 4 is 17.2 Å². The Morgan fingerprint density at radius 2 is 1.90 bits per heavy atom. The number of Topliss-reactive ketones (excluding diaryl/α,β-unsaturated/α-hetero) is 1. The van der Waals surface area contributed by atoms with E-state index in [-0.39, 0.29) is 23.6 Å². The summed E-state index contributed by atoms with van der Waals surface area (Å²) in [5.41, 5.74) is 0.141. The number of nitro benzene ring substituents is 1. The highest BCUT2D eigenvalue weighted by Crippen LogP contribution is 2.38. The molecule has 2 atom stereocenters. The van der Waals surface area contributed by atoms with Gasteiger partial charge in [0.25, 0.3) is 5.69 Å². The zero-order valence-corrected chi connectivity index (χ0v) is 10.9. The van der Waals surface area contributed by atoms with Crippen LogP contribution in [0.2, 0.25) is 0 Å². The Labute approximate surface area is 115 Å². The van der Waals surface area contributed by atoms with Gasteiger partial charge >= 0.3 is 0 Å². The summed E-state index contributed by atoms with van der Waals surface area (Å²) in [5, 5.41) is 10.7. The van der Waals surface area contributed by atoms with Crippen molar-refractivity contribution in [2.45, 2.75) is 44.2 Å². The summed E-state index contributed by atoms with van der Waals surface area (Å²) in [5.74, 6) is -0.344. The topological polar surface area (TPSA) is 63.5 Å². The van der Waals surface area contributed by atoms with Crippen LogP contribution in [0, 0.1) is 15.9 Å². The number of carbonyl (C=O) groups is 1. The smallest absolute Gasteiger partial charge is 0.272 e. The van der Waals surface area contributed by atoms with E-state index in [0.29, 0.717) is 18.5 Å². The van der Waals surface area contributed by atoms with Gasteiger partial charge in [-0.3, -0.25) is 14.9 Å². The molecule has 2 fully saturated rings. The molecule has 106 valence electrons. The normalized spacial score (nSPS) is 25.6. The second-order valence-electron chi connectivity index (χ2n) is 5.49. The van der Waals surface area contributed by atoms with Gasteiger partial charge in [-0.2, -0.15) is 0 Å². The van der Waals surface area contributed by atoms with Gasteiger partial charge in [-0.05, 0) is 25.3 Å². The minimum Gasteiger partial charge on any atom is -0.362 e. The SMILES string of the molecule is O=C1CC2CCCC(C1)N2c1ccc([N+](=O)[O-])cc1F. The molecule has 2 aliphatic rings. The Hall–Kier alpha value is -1.98. The number of piperidine rings is 2. The Kier molecular flexibility index (Phi) is 3.16. The van der Waals surface area contributed by atoms with Gasteiger partial charge in [-0.1, -0.05) is 0 Å². The molecule has 2 heterocycles. The van der Waals surface area contributed by atoms with E-state index < -0.39 is 10.7 Å². The van der Waals surface area contributed by atoms with Crippen LogP contribution in [0.1, 0.15) is 32.1 Å². The molecule has 0 aromatic heterocycles. The number of hydrogen-bond donors (Lipinski definition) is 0. The van der Waals surface area contributed by atoms with E-state index >= 15 is 0 Å². The number of halogens is 1. The first-order valence-electron chi connectivity index (χ1n) is 6.80. The second-order valence-corrected chi connectivity index (χ2v) is 5.49. The average molecular weight is 278 g/mol. The summed E-state index contributed by atoms with van der Waals surface area (Å²) in [6.07, 6.45) is 3.70. The van der Waals surface area contributed by atoms with Gasteiger partial charge < -0.3 is 4.90 Å². The molecule has 20 heavy (non-hydrogen) atoms. The van der Waals surface area contributed by atoms with E-state index in [1.807, 2.05) is 4.90 Å². The predicted octanol–water partition coefficient (Wildman–Crippen LogP) is 2.82. The third kappa shape index (κ3) is 2.15. The molecular weight excluding hydrogens is 263 g/mol. The molecular formula is C14H15FN2O3. The van der Waals surface area contributed by atoms with Crippen LogP contribution in [0.3, 0.4) is 0 Å². The van der Waals surface area contributed by atoms with Gasteiger partial charge in [0.15, 0.2) is 5.82 Å². The molecule has 0 radical (unpaired) electrons. The molecule has 0 N–H and O–H groups in total. The van der Waals surface area contributed by atoms with Crippen LogP contribution in [0.15, 0.2) is 18.2 Å². The van der Waals surface area contributed by atoms with Crippen LogP contribution < -0.4 is 4.90 Å². The predicted molar refractivity (Wildman–Crippen MR) is 71.2 cm³/mol. The third-order valence-electron chi connectivity index (χ3n) is 4.21. The van der Waals surface area contributed by atoms with Crippen LogP contribution in [0.25, 0.3) is 0 Å². The number of rotatable bonds is 2. The van der Waals surface area contributed by atoms with Crippen molar-refractivity contribution in [3.63, 3.8) is 0 Å². The standard InChI is InChI=1S/C14H15FN2O3/c15-13-8-11(17(19)20)4-5-14(13)16-9-2-1-3-10(16)7-12(18)6-9/h4-5,8-10H,1-3,6-7H2. The number of fused-ring (bicyclic) bond motifs is 2. The molecule has 6 heteroatoms. The fraction of sp³-hybridized carbons (Fsp3) is 0.500. The summed E-state index contributed by atoms with van der Waals surface area (Å²) < 4.78 is 14.2. The van der Waals surface area contributed by atoms with Crippen molar-refractivity contribution in [3.05, 3.63) is 34.1 Å². The lowest BCUT2D eigenvalue weighted by Gasteiger charge is -2.47. The Bertz CT molecular complexity index is 560. The van der Waals surface area contributed by atoms with Gasteiger partial charge in [0.05, 0.1) is 16.7 Å². The lowest BCUT2D eigenvalue weighted by Crippen LogP contribution is -2.52. The number of nitro groups is 1. The second kappa shape index (κ2) is 4.85. The van der Waals surface area contributed by atoms with Crippen molar-refractivity contribution in [1.29, 1.82) is 0 Å². The highest BCUT2D eigenvalue weighted by molar-refractivity contribution is 5.82. The number of benzene rings is 1. The first kappa shape index (κ1) is 13.0. The van der Waals surface area contributed by atoms with Crippen molar-refractivity contribution in [2.75, 3.05) is 4.90 Å². The summed E-state index contributed by atoms with van der Waals surface area (Å²) in [4.78, 5) is 23.7. The fourth-order valence-corrected chi connectivity index (χ4v) is 3.39. The van der Waals surface area contributed by atoms with E-state index in [9.17, 15) is 19.3 Å². The summed E-state index contributed by atoms with van der Waals surface area (Å²) >= 11 is 0. The maximum absolute atomic E-state index is 14.2. The monoisotopic (exact) mass is 278 g/mol. The van der Waals surface area contributed by atoms with Crippen LogP contribution in [0.5, 0.6) is 0 Å². The van der Waals surface area contributed by atoms with Gasteiger partial charge in [0, 0.05) is 31.0 Å². The molecule has 1 aromatic rings. The van der Waals surface area contributed by atoms with Gasteiger partial charge in [-0.15, -0.1) is 0 Å². The number of anilines is 1. The van der Waals surface area contributed by atoms with E-state index in [0.717, 1.165) is 25.3 Å². The highest BCUT2D eigenvalue weighted by Gasteiger charge is 2.38. The number of hydrogen-bond acceptors (Lipinski definition) is 4. The Balaban J connectivity index is 1.96. The number of nitrogens with zero attached hydrogens (tertiary/aromatic N) is 2. The van der Waals surface area contributed by atoms with E-state index in [4.69, 9.17) is 0 Å². The third-order valence-corrected chi connectivity index (χ3v) is 4.21. The molecule has 2 saturated heterocycles. The van der Waals surface area contributed by atoms with Crippen molar-refractivity contribution in [1.82, 2.24) is 0 Å². The summed E-state index contributed by atoms with van der Waals surface area (Å²) in [6, 6.07) is 3.82. The highest BCUT2D eigenvalue weighted by atomic mass is 19.1. The minimum atomic E-state index is -0.604. The van der Waals surface area contributed by atoms with Gasteiger partial charge in [0.2, 0.25) is 0 Å². The maximum Gasteiger partial charge on any atom is 0.272 e. The first-order valence-corrected chi connectivity index (χ1v) is 6.80. The van der Waals surface area contributed by atoms with Crippen LogP contribution in [0.4, 0.5) is 15.8 Å². The number of ketones is 1. The Morgan fingerprint density at radius 1 is 1.25 bits per heavy atom.